The average Bonchev–Trinajstić information content (AvgIpc) is 3.66. The normalized spacial score (nSPS) is 14.2. The SMILES string of the molecule is C=COc1ccccc1S(=O)(=O)NC(=O)c1ccc(C(C)c2c[nH]c3ccc(NC(=O)OC4CCCC4)cc23)c(OC)c1. The third-order valence-electron chi connectivity index (χ3n) is 7.54. The number of hydrogen-bond donors (Lipinski definition) is 3. The quantitative estimate of drug-likeness (QED) is 0.177. The zero-order chi connectivity index (χ0) is 30.6. The lowest BCUT2D eigenvalue weighted by molar-refractivity contribution is 0.0980. The fraction of sp³-hybridized carbons (Fsp3) is 0.250. The molecule has 1 fully saturated rings. The number of H-pyrrole nitrogens is 1. The number of carbonyl (C=O) groups excluding carboxylic acids is 2. The number of benzene rings is 3. The lowest BCUT2D eigenvalue weighted by atomic mass is 9.91. The lowest BCUT2D eigenvalue weighted by Gasteiger charge is -2.17. The van der Waals surface area contributed by atoms with Crippen molar-refractivity contribution in [2.24, 2.45) is 0 Å². The first-order chi connectivity index (χ1) is 20.7. The Labute approximate surface area is 250 Å². The van der Waals surface area contributed by atoms with Crippen LogP contribution < -0.4 is 19.5 Å². The summed E-state index contributed by atoms with van der Waals surface area (Å²) in [6, 6.07) is 16.3. The van der Waals surface area contributed by atoms with Crippen molar-refractivity contribution in [3.8, 4) is 11.5 Å². The van der Waals surface area contributed by atoms with E-state index in [-0.39, 0.29) is 28.2 Å². The predicted octanol–water partition coefficient (Wildman–Crippen LogP) is 6.46. The molecule has 1 heterocycles. The van der Waals surface area contributed by atoms with E-state index in [1.165, 1.54) is 31.4 Å². The first kappa shape index (κ1) is 29.7. The summed E-state index contributed by atoms with van der Waals surface area (Å²) in [6.45, 7) is 5.45. The summed E-state index contributed by atoms with van der Waals surface area (Å²) in [7, 11) is -2.76. The zero-order valence-corrected chi connectivity index (χ0v) is 24.7. The zero-order valence-electron chi connectivity index (χ0n) is 23.9. The Morgan fingerprint density at radius 1 is 1.02 bits per heavy atom. The maximum Gasteiger partial charge on any atom is 0.411 e. The first-order valence-corrected chi connectivity index (χ1v) is 15.4. The number of aromatic amines is 1. The number of hydrogen-bond acceptors (Lipinski definition) is 7. The number of anilines is 1. The van der Waals surface area contributed by atoms with Gasteiger partial charge in [-0.3, -0.25) is 10.1 Å². The molecule has 1 atom stereocenters. The Balaban J connectivity index is 1.36. The minimum absolute atomic E-state index is 0.0358. The van der Waals surface area contributed by atoms with Gasteiger partial charge in [-0.05, 0) is 73.7 Å². The second kappa shape index (κ2) is 12.6. The number of carbonyl (C=O) groups is 2. The van der Waals surface area contributed by atoms with Crippen molar-refractivity contribution >= 4 is 38.6 Å². The van der Waals surface area contributed by atoms with Crippen LogP contribution in [0.3, 0.4) is 0 Å². The Morgan fingerprint density at radius 3 is 2.53 bits per heavy atom. The Bertz CT molecular complexity index is 1770. The molecule has 3 N–H and O–H groups in total. The van der Waals surface area contributed by atoms with Gasteiger partial charge in [0.05, 0.1) is 13.4 Å². The molecule has 0 aliphatic heterocycles. The van der Waals surface area contributed by atoms with E-state index in [4.69, 9.17) is 14.2 Å². The van der Waals surface area contributed by atoms with Crippen molar-refractivity contribution in [3.63, 3.8) is 0 Å². The number of aromatic nitrogens is 1. The van der Waals surface area contributed by atoms with Gasteiger partial charge in [-0.15, -0.1) is 0 Å². The summed E-state index contributed by atoms with van der Waals surface area (Å²) in [6.07, 6.45) is 6.43. The standard InChI is InChI=1S/C32H33N3O7S/c1-4-41-28-11-7-8-12-30(28)43(38,39)35-31(36)21-13-15-24(29(17-21)40-3)20(2)26-19-33-27-16-14-22(18-25(26)27)34-32(37)42-23-9-5-6-10-23/h4,7-8,11-20,23,33H,1,5-6,9-10H2,2-3H3,(H,34,37)(H,35,36). The van der Waals surface area contributed by atoms with Gasteiger partial charge in [0, 0.05) is 39.8 Å². The number of amides is 2. The van der Waals surface area contributed by atoms with Crippen molar-refractivity contribution in [3.05, 3.63) is 96.4 Å². The molecular formula is C32H33N3O7S. The fourth-order valence-electron chi connectivity index (χ4n) is 5.36. The highest BCUT2D eigenvalue weighted by atomic mass is 32.2. The van der Waals surface area contributed by atoms with E-state index >= 15 is 0 Å². The molecule has 1 aromatic heterocycles. The number of methoxy groups -OCH3 is 1. The van der Waals surface area contributed by atoms with Gasteiger partial charge in [0.2, 0.25) is 0 Å². The molecule has 0 saturated heterocycles. The molecule has 5 rings (SSSR count). The van der Waals surface area contributed by atoms with Gasteiger partial charge in [-0.25, -0.2) is 17.9 Å². The Hall–Kier alpha value is -4.77. The molecule has 3 aromatic carbocycles. The molecule has 1 unspecified atom stereocenters. The molecule has 2 amide bonds. The van der Waals surface area contributed by atoms with E-state index in [0.29, 0.717) is 11.4 Å². The van der Waals surface area contributed by atoms with Gasteiger partial charge in [0.25, 0.3) is 15.9 Å². The third kappa shape index (κ3) is 6.51. The summed E-state index contributed by atoms with van der Waals surface area (Å²) < 4.78 is 44.4. The van der Waals surface area contributed by atoms with E-state index in [1.807, 2.05) is 31.3 Å². The molecule has 43 heavy (non-hydrogen) atoms. The van der Waals surface area contributed by atoms with Crippen molar-refractivity contribution < 1.29 is 32.2 Å². The number of sulfonamides is 1. The highest BCUT2D eigenvalue weighted by Crippen LogP contribution is 2.37. The van der Waals surface area contributed by atoms with E-state index < -0.39 is 22.0 Å². The summed E-state index contributed by atoms with van der Waals surface area (Å²) in [4.78, 5) is 28.5. The summed E-state index contributed by atoms with van der Waals surface area (Å²) in [5.74, 6) is -0.551. The molecule has 224 valence electrons. The minimum Gasteiger partial charge on any atom is -0.496 e. The minimum atomic E-state index is -4.24. The van der Waals surface area contributed by atoms with Gasteiger partial charge in [0.1, 0.15) is 22.5 Å². The van der Waals surface area contributed by atoms with Crippen LogP contribution in [0.2, 0.25) is 0 Å². The molecule has 1 aliphatic carbocycles. The van der Waals surface area contributed by atoms with Crippen LogP contribution >= 0.6 is 0 Å². The van der Waals surface area contributed by atoms with Gasteiger partial charge in [-0.2, -0.15) is 0 Å². The number of para-hydroxylation sites is 1. The molecule has 11 heteroatoms. The van der Waals surface area contributed by atoms with Crippen molar-refractivity contribution in [2.45, 2.75) is 49.5 Å². The van der Waals surface area contributed by atoms with Crippen LogP contribution in [0.4, 0.5) is 10.5 Å². The van der Waals surface area contributed by atoms with Crippen LogP contribution in [0.25, 0.3) is 10.9 Å². The number of rotatable bonds is 10. The first-order valence-electron chi connectivity index (χ1n) is 13.9. The van der Waals surface area contributed by atoms with Crippen LogP contribution in [0.1, 0.15) is 60.0 Å². The molecule has 0 radical (unpaired) electrons. The molecule has 0 spiro atoms. The highest BCUT2D eigenvalue weighted by molar-refractivity contribution is 7.90. The second-order valence-electron chi connectivity index (χ2n) is 10.3. The lowest BCUT2D eigenvalue weighted by Crippen LogP contribution is -2.30. The van der Waals surface area contributed by atoms with Crippen molar-refractivity contribution in [1.29, 1.82) is 0 Å². The Morgan fingerprint density at radius 2 is 1.79 bits per heavy atom. The molecule has 10 nitrogen and oxygen atoms in total. The van der Waals surface area contributed by atoms with Crippen molar-refractivity contribution in [2.75, 3.05) is 12.4 Å². The fourth-order valence-corrected chi connectivity index (χ4v) is 6.47. The predicted molar refractivity (Wildman–Crippen MR) is 163 cm³/mol. The monoisotopic (exact) mass is 603 g/mol. The van der Waals surface area contributed by atoms with Gasteiger partial charge >= 0.3 is 6.09 Å². The van der Waals surface area contributed by atoms with E-state index in [0.717, 1.165) is 54.0 Å². The number of fused-ring (bicyclic) bond motifs is 1. The molecule has 1 aliphatic rings. The maximum absolute atomic E-state index is 13.0. The molecule has 4 aromatic rings. The van der Waals surface area contributed by atoms with E-state index in [1.54, 1.807) is 18.2 Å². The molecule has 0 bridgehead atoms. The number of ether oxygens (including phenoxy) is 3. The summed E-state index contributed by atoms with van der Waals surface area (Å²) >= 11 is 0. The van der Waals surface area contributed by atoms with Crippen LogP contribution in [0.5, 0.6) is 11.5 Å². The van der Waals surface area contributed by atoms with Crippen LogP contribution in [-0.2, 0) is 14.8 Å². The second-order valence-corrected chi connectivity index (χ2v) is 11.9. The van der Waals surface area contributed by atoms with E-state index in [2.05, 4.69) is 21.6 Å². The van der Waals surface area contributed by atoms with Crippen LogP contribution in [0.15, 0.2) is 84.6 Å². The van der Waals surface area contributed by atoms with Gasteiger partial charge < -0.3 is 19.2 Å². The Kier molecular flexibility index (Phi) is 8.72. The smallest absolute Gasteiger partial charge is 0.411 e. The maximum atomic E-state index is 13.0. The van der Waals surface area contributed by atoms with Gasteiger partial charge in [0.15, 0.2) is 0 Å². The van der Waals surface area contributed by atoms with Crippen LogP contribution in [-0.4, -0.2) is 38.6 Å². The van der Waals surface area contributed by atoms with Crippen LogP contribution in [0, 0.1) is 0 Å². The topological polar surface area (TPSA) is 136 Å². The van der Waals surface area contributed by atoms with Crippen molar-refractivity contribution in [1.82, 2.24) is 9.71 Å². The summed E-state index contributed by atoms with van der Waals surface area (Å²) in [5.41, 5.74) is 3.33. The van der Waals surface area contributed by atoms with E-state index in [9.17, 15) is 18.0 Å². The largest absolute Gasteiger partial charge is 0.496 e. The highest BCUT2D eigenvalue weighted by Gasteiger charge is 2.25. The summed E-state index contributed by atoms with van der Waals surface area (Å²) in [5, 5.41) is 3.74. The number of nitrogens with one attached hydrogen (secondary N) is 3. The molecular weight excluding hydrogens is 570 g/mol. The average molecular weight is 604 g/mol. The molecule has 1 saturated carbocycles. The van der Waals surface area contributed by atoms with Gasteiger partial charge in [-0.1, -0.05) is 31.7 Å². The third-order valence-corrected chi connectivity index (χ3v) is 8.91.